The summed E-state index contributed by atoms with van der Waals surface area (Å²) >= 11 is 9.91. The molecule has 3 aromatic rings. The Bertz CT molecular complexity index is 1390. The molecule has 0 spiro atoms. The van der Waals surface area contributed by atoms with Crippen molar-refractivity contribution < 1.29 is 19.4 Å². The van der Waals surface area contributed by atoms with Crippen molar-refractivity contribution in [3.63, 3.8) is 0 Å². The van der Waals surface area contributed by atoms with Crippen molar-refractivity contribution in [3.05, 3.63) is 102 Å². The molecule has 4 rings (SSSR count). The topological polar surface area (TPSA) is 116 Å². The van der Waals surface area contributed by atoms with Crippen LogP contribution in [0.5, 0.6) is 11.5 Å². The van der Waals surface area contributed by atoms with E-state index in [1.165, 1.54) is 11.0 Å². The molecule has 0 aliphatic carbocycles. The van der Waals surface area contributed by atoms with E-state index in [2.05, 4.69) is 15.9 Å². The summed E-state index contributed by atoms with van der Waals surface area (Å²) in [6.07, 6.45) is 1.59. The number of thioether (sulfide) groups is 1. The van der Waals surface area contributed by atoms with Gasteiger partial charge in [0, 0.05) is 16.1 Å². The molecule has 9 nitrogen and oxygen atoms in total. The number of nitro benzene ring substituents is 2. The molecule has 1 saturated heterocycles. The van der Waals surface area contributed by atoms with Crippen molar-refractivity contribution in [1.29, 1.82) is 0 Å². The van der Waals surface area contributed by atoms with Gasteiger partial charge in [-0.05, 0) is 36.4 Å². The average molecular weight is 558 g/mol. The molecule has 12 heteroatoms. The van der Waals surface area contributed by atoms with Crippen LogP contribution in [-0.4, -0.2) is 20.1 Å². The quantitative estimate of drug-likeness (QED) is 0.146. The summed E-state index contributed by atoms with van der Waals surface area (Å²) in [5, 5.41) is 22.4. The second-order valence-electron chi connectivity index (χ2n) is 6.80. The highest BCUT2D eigenvalue weighted by Crippen LogP contribution is 2.39. The summed E-state index contributed by atoms with van der Waals surface area (Å²) in [6.45, 7) is 0. The molecular weight excluding hydrogens is 546 g/mol. The Morgan fingerprint density at radius 2 is 1.74 bits per heavy atom. The van der Waals surface area contributed by atoms with Crippen LogP contribution >= 0.6 is 39.9 Å². The summed E-state index contributed by atoms with van der Waals surface area (Å²) in [4.78, 5) is 35.8. The van der Waals surface area contributed by atoms with Crippen LogP contribution in [0.3, 0.4) is 0 Å². The van der Waals surface area contributed by atoms with E-state index in [1.807, 2.05) is 6.07 Å². The third-order valence-electron chi connectivity index (χ3n) is 4.64. The Hall–Kier alpha value is -3.61. The zero-order valence-corrected chi connectivity index (χ0v) is 20.1. The lowest BCUT2D eigenvalue weighted by atomic mass is 10.1. The number of anilines is 1. The van der Waals surface area contributed by atoms with Gasteiger partial charge in [0.1, 0.15) is 5.75 Å². The van der Waals surface area contributed by atoms with Crippen LogP contribution in [0.15, 0.2) is 76.1 Å². The second-order valence-corrected chi connectivity index (χ2v) is 9.39. The Kier molecular flexibility index (Phi) is 6.72. The number of thiocarbonyl (C=S) groups is 1. The van der Waals surface area contributed by atoms with Gasteiger partial charge in [-0.25, -0.2) is 0 Å². The van der Waals surface area contributed by atoms with Crippen LogP contribution in [-0.2, 0) is 4.79 Å². The van der Waals surface area contributed by atoms with E-state index < -0.39 is 21.2 Å². The molecule has 34 heavy (non-hydrogen) atoms. The number of hydrogen-bond acceptors (Lipinski definition) is 8. The van der Waals surface area contributed by atoms with Gasteiger partial charge in [-0.1, -0.05) is 64.2 Å². The average Bonchev–Trinajstić information content (AvgIpc) is 3.07. The van der Waals surface area contributed by atoms with E-state index in [0.29, 0.717) is 20.5 Å². The Morgan fingerprint density at radius 1 is 0.971 bits per heavy atom. The van der Waals surface area contributed by atoms with Crippen LogP contribution in [0, 0.1) is 20.2 Å². The number of hydrogen-bond donors (Lipinski definition) is 0. The molecule has 1 amide bonds. The lowest BCUT2D eigenvalue weighted by Gasteiger charge is -2.14. The Labute approximate surface area is 210 Å². The highest BCUT2D eigenvalue weighted by molar-refractivity contribution is 9.10. The minimum absolute atomic E-state index is 0.168. The molecule has 1 aliphatic heterocycles. The molecule has 1 aliphatic rings. The number of benzene rings is 3. The molecule has 1 heterocycles. The number of carbonyl (C=O) groups excluding carboxylic acids is 1. The zero-order chi connectivity index (χ0) is 24.4. The van der Waals surface area contributed by atoms with E-state index in [1.54, 1.807) is 48.5 Å². The number of carbonyl (C=O) groups is 1. The maximum absolute atomic E-state index is 13.1. The largest absolute Gasteiger partial charge is 0.449 e. The highest BCUT2D eigenvalue weighted by atomic mass is 79.9. The van der Waals surface area contributed by atoms with Crippen molar-refractivity contribution in [3.8, 4) is 11.5 Å². The maximum Gasteiger partial charge on any atom is 0.318 e. The molecule has 1 fully saturated rings. The summed E-state index contributed by atoms with van der Waals surface area (Å²) < 4.78 is 6.91. The van der Waals surface area contributed by atoms with Crippen LogP contribution < -0.4 is 9.64 Å². The first-order valence-electron chi connectivity index (χ1n) is 9.48. The number of nitro groups is 2. The fraction of sp³-hybridized carbons (Fsp3) is 0. The summed E-state index contributed by atoms with van der Waals surface area (Å²) in [7, 11) is 0. The standard InChI is InChI=1S/C22H12BrN3O6S2/c23-14-5-3-6-15(11-14)24-21(27)20(34-22(24)33)10-13-4-1-2-7-18(13)32-19-9-8-16(25(28)29)12-17(19)26(30)31/h1-12H/b20-10+. The number of nitrogens with zero attached hydrogens (tertiary/aromatic N) is 3. The molecule has 3 aromatic carbocycles. The smallest absolute Gasteiger partial charge is 0.318 e. The number of rotatable bonds is 6. The van der Waals surface area contributed by atoms with Crippen LogP contribution in [0.1, 0.15) is 5.56 Å². The van der Waals surface area contributed by atoms with Gasteiger partial charge in [0.25, 0.3) is 11.6 Å². The Balaban J connectivity index is 1.68. The van der Waals surface area contributed by atoms with E-state index in [0.717, 1.165) is 28.4 Å². The molecular formula is C22H12BrN3O6S2. The van der Waals surface area contributed by atoms with E-state index >= 15 is 0 Å². The first-order valence-corrected chi connectivity index (χ1v) is 11.5. The van der Waals surface area contributed by atoms with Crippen LogP contribution in [0.4, 0.5) is 17.1 Å². The number of halogens is 1. The number of para-hydroxylation sites is 1. The van der Waals surface area contributed by atoms with E-state index in [-0.39, 0.29) is 17.4 Å². The van der Waals surface area contributed by atoms with Crippen molar-refractivity contribution in [2.45, 2.75) is 0 Å². The van der Waals surface area contributed by atoms with Gasteiger partial charge >= 0.3 is 5.69 Å². The van der Waals surface area contributed by atoms with Crippen molar-refractivity contribution >= 4 is 73.3 Å². The van der Waals surface area contributed by atoms with Gasteiger partial charge in [-0.15, -0.1) is 0 Å². The van der Waals surface area contributed by atoms with Gasteiger partial charge in [0.05, 0.1) is 26.5 Å². The lowest BCUT2D eigenvalue weighted by Crippen LogP contribution is -2.27. The third-order valence-corrected chi connectivity index (χ3v) is 6.43. The summed E-state index contributed by atoms with van der Waals surface area (Å²) in [5.74, 6) is -0.255. The van der Waals surface area contributed by atoms with Gasteiger partial charge < -0.3 is 4.74 Å². The van der Waals surface area contributed by atoms with E-state index in [4.69, 9.17) is 17.0 Å². The molecule has 0 bridgehead atoms. The fourth-order valence-electron chi connectivity index (χ4n) is 3.11. The molecule has 0 saturated carbocycles. The Morgan fingerprint density at radius 3 is 2.44 bits per heavy atom. The van der Waals surface area contributed by atoms with Gasteiger partial charge in [0.15, 0.2) is 4.32 Å². The predicted molar refractivity (Wildman–Crippen MR) is 136 cm³/mol. The van der Waals surface area contributed by atoms with Gasteiger partial charge in [-0.3, -0.25) is 29.9 Å². The maximum atomic E-state index is 13.1. The van der Waals surface area contributed by atoms with Crippen molar-refractivity contribution in [2.75, 3.05) is 4.90 Å². The van der Waals surface area contributed by atoms with Gasteiger partial charge in [0.2, 0.25) is 5.75 Å². The number of non-ortho nitro benzene ring substituents is 1. The third kappa shape index (κ3) is 4.83. The normalized spacial score (nSPS) is 14.5. The number of ether oxygens (including phenoxy) is 1. The van der Waals surface area contributed by atoms with Crippen molar-refractivity contribution in [2.24, 2.45) is 0 Å². The van der Waals surface area contributed by atoms with Crippen molar-refractivity contribution in [1.82, 2.24) is 0 Å². The monoisotopic (exact) mass is 557 g/mol. The summed E-state index contributed by atoms with van der Waals surface area (Å²) in [5.41, 5.74) is 0.116. The molecule has 0 aromatic heterocycles. The predicted octanol–water partition coefficient (Wildman–Crippen LogP) is 6.46. The fourth-order valence-corrected chi connectivity index (χ4v) is 4.78. The number of amides is 1. The second kappa shape index (κ2) is 9.71. The minimum Gasteiger partial charge on any atom is -0.449 e. The zero-order valence-electron chi connectivity index (χ0n) is 16.9. The summed E-state index contributed by atoms with van der Waals surface area (Å²) in [6, 6.07) is 16.9. The SMILES string of the molecule is O=C1/C(=C\c2ccccc2Oc2ccc([N+](=O)[O-])cc2[N+](=O)[O-])SC(=S)N1c1cccc(Br)c1. The molecule has 0 radical (unpaired) electrons. The molecule has 170 valence electrons. The van der Waals surface area contributed by atoms with E-state index in [9.17, 15) is 25.0 Å². The first-order chi connectivity index (χ1) is 16.2. The van der Waals surface area contributed by atoms with Crippen LogP contribution in [0.2, 0.25) is 0 Å². The first kappa shape index (κ1) is 23.5. The molecule has 0 atom stereocenters. The molecule has 0 unspecified atom stereocenters. The molecule has 0 N–H and O–H groups in total. The minimum atomic E-state index is -0.756. The lowest BCUT2D eigenvalue weighted by molar-refractivity contribution is -0.394. The van der Waals surface area contributed by atoms with Gasteiger partial charge in [-0.2, -0.15) is 0 Å². The highest BCUT2D eigenvalue weighted by Gasteiger charge is 2.33. The van der Waals surface area contributed by atoms with Crippen LogP contribution in [0.25, 0.3) is 6.08 Å².